The number of benzene rings is 1. The van der Waals surface area contributed by atoms with Gasteiger partial charge in [-0.2, -0.15) is 13.2 Å². The Balaban J connectivity index is 1.81. The molecule has 0 amide bonds. The number of rotatable bonds is 3. The summed E-state index contributed by atoms with van der Waals surface area (Å²) < 4.78 is 73.4. The zero-order valence-corrected chi connectivity index (χ0v) is 22.6. The first-order valence-corrected chi connectivity index (χ1v) is 13.2. The van der Waals surface area contributed by atoms with Gasteiger partial charge in [-0.3, -0.25) is 9.78 Å². The van der Waals surface area contributed by atoms with Crippen LogP contribution in [0.5, 0.6) is 0 Å². The molecule has 2 aliphatic heterocycles. The Kier molecular flexibility index (Phi) is 6.83. The van der Waals surface area contributed by atoms with Crippen molar-refractivity contribution in [2.45, 2.75) is 89.9 Å². The van der Waals surface area contributed by atoms with E-state index in [1.165, 1.54) is 6.92 Å². The van der Waals surface area contributed by atoms with E-state index in [-0.39, 0.29) is 17.9 Å². The van der Waals surface area contributed by atoms with Crippen molar-refractivity contribution < 1.29 is 41.7 Å². The highest BCUT2D eigenvalue weighted by molar-refractivity contribution is 5.67. The van der Waals surface area contributed by atoms with Gasteiger partial charge >= 0.3 is 12.1 Å². The fraction of sp³-hybridized carbons (Fsp3) is 0.586. The summed E-state index contributed by atoms with van der Waals surface area (Å²) in [6, 6.07) is 2.46. The quantitative estimate of drug-likeness (QED) is 0.344. The number of alkyl halides is 3. The van der Waals surface area contributed by atoms with Crippen LogP contribution in [0.15, 0.2) is 18.2 Å². The Labute approximate surface area is 224 Å². The Hall–Kier alpha value is -2.56. The van der Waals surface area contributed by atoms with E-state index in [1.807, 2.05) is 27.7 Å². The predicted molar refractivity (Wildman–Crippen MR) is 132 cm³/mol. The number of esters is 1. The highest BCUT2D eigenvalue weighted by Gasteiger charge is 2.55. The number of hydrogen-bond donors (Lipinski definition) is 1. The zero-order valence-electron chi connectivity index (χ0n) is 22.6. The number of nitrogens with zero attached hydrogens (tertiary/aromatic N) is 1. The zero-order chi connectivity index (χ0) is 28.5. The van der Waals surface area contributed by atoms with Crippen LogP contribution in [-0.2, 0) is 30.8 Å². The molecule has 2 aromatic rings. The van der Waals surface area contributed by atoms with E-state index < -0.39 is 52.9 Å². The Bertz CT molecular complexity index is 1300. The molecule has 10 heteroatoms. The van der Waals surface area contributed by atoms with Crippen molar-refractivity contribution in [3.05, 3.63) is 63.2 Å². The maximum Gasteiger partial charge on any atom is 0.416 e. The molecule has 1 unspecified atom stereocenters. The van der Waals surface area contributed by atoms with Gasteiger partial charge in [-0.05, 0) is 30.0 Å². The third-order valence-electron chi connectivity index (χ3n) is 8.14. The summed E-state index contributed by atoms with van der Waals surface area (Å²) in [5.41, 5.74) is 0.0149. The van der Waals surface area contributed by atoms with Crippen molar-refractivity contribution >= 4 is 5.97 Å². The lowest BCUT2D eigenvalue weighted by Gasteiger charge is -2.43. The van der Waals surface area contributed by atoms with E-state index in [2.05, 4.69) is 0 Å². The summed E-state index contributed by atoms with van der Waals surface area (Å²) in [5.74, 6) is -1.70. The van der Waals surface area contributed by atoms with Crippen LogP contribution in [-0.4, -0.2) is 29.3 Å². The first-order chi connectivity index (χ1) is 18.2. The van der Waals surface area contributed by atoms with Gasteiger partial charge in [0.05, 0.1) is 23.0 Å². The van der Waals surface area contributed by atoms with Gasteiger partial charge in [0, 0.05) is 60.8 Å². The largest absolute Gasteiger partial charge is 0.455 e. The van der Waals surface area contributed by atoms with Crippen molar-refractivity contribution in [3.63, 3.8) is 0 Å². The summed E-state index contributed by atoms with van der Waals surface area (Å²) >= 11 is 0. The second-order valence-electron chi connectivity index (χ2n) is 11.8. The first kappa shape index (κ1) is 28.0. The molecule has 6 nitrogen and oxygen atoms in total. The SMILES string of the molecule is CC(=O)O[C@@H]1c2nc(C(C)C)c3c(c2C(O)CC1(C)C)C1(CCOCC1)O[C@@H]3c1ccc(C(F)(F)F)cc1F. The Morgan fingerprint density at radius 2 is 1.85 bits per heavy atom. The van der Waals surface area contributed by atoms with Gasteiger partial charge in [0.1, 0.15) is 18.0 Å². The summed E-state index contributed by atoms with van der Waals surface area (Å²) in [7, 11) is 0. The molecule has 1 aromatic heterocycles. The molecule has 3 heterocycles. The van der Waals surface area contributed by atoms with Crippen molar-refractivity contribution in [3.8, 4) is 0 Å². The van der Waals surface area contributed by atoms with Crippen molar-refractivity contribution in [2.75, 3.05) is 13.2 Å². The summed E-state index contributed by atoms with van der Waals surface area (Å²) in [6.45, 7) is 9.65. The van der Waals surface area contributed by atoms with E-state index in [1.54, 1.807) is 0 Å². The van der Waals surface area contributed by atoms with Gasteiger partial charge in [0.25, 0.3) is 0 Å². The topological polar surface area (TPSA) is 77.9 Å². The molecule has 1 aromatic carbocycles. The van der Waals surface area contributed by atoms with Crippen LogP contribution in [0.25, 0.3) is 0 Å². The predicted octanol–water partition coefficient (Wildman–Crippen LogP) is 6.56. The lowest BCUT2D eigenvalue weighted by molar-refractivity contribution is -0.157. The maximum atomic E-state index is 15.4. The van der Waals surface area contributed by atoms with Crippen LogP contribution in [0.4, 0.5) is 17.6 Å². The van der Waals surface area contributed by atoms with Crippen LogP contribution < -0.4 is 0 Å². The smallest absolute Gasteiger partial charge is 0.416 e. The van der Waals surface area contributed by atoms with Crippen molar-refractivity contribution in [1.82, 2.24) is 4.98 Å². The van der Waals surface area contributed by atoms with Crippen LogP contribution in [0.3, 0.4) is 0 Å². The number of fused-ring (bicyclic) bond motifs is 4. The van der Waals surface area contributed by atoms with Gasteiger partial charge in [-0.25, -0.2) is 4.39 Å². The van der Waals surface area contributed by atoms with Gasteiger partial charge in [-0.1, -0.05) is 33.8 Å². The average molecular weight is 552 g/mol. The number of ether oxygens (including phenoxy) is 3. The average Bonchev–Trinajstić information content (AvgIpc) is 3.14. The highest BCUT2D eigenvalue weighted by Crippen LogP contribution is 2.60. The normalized spacial score (nSPS) is 25.5. The van der Waals surface area contributed by atoms with Gasteiger partial charge in [0.15, 0.2) is 0 Å². The number of hydrogen-bond acceptors (Lipinski definition) is 6. The monoisotopic (exact) mass is 551 g/mol. The molecule has 5 rings (SSSR count). The Morgan fingerprint density at radius 1 is 1.18 bits per heavy atom. The molecule has 0 radical (unpaired) electrons. The number of carbonyl (C=O) groups is 1. The van der Waals surface area contributed by atoms with E-state index in [9.17, 15) is 23.1 Å². The minimum Gasteiger partial charge on any atom is -0.455 e. The lowest BCUT2D eigenvalue weighted by atomic mass is 9.68. The van der Waals surface area contributed by atoms with E-state index in [4.69, 9.17) is 19.2 Å². The molecule has 3 atom stereocenters. The third-order valence-corrected chi connectivity index (χ3v) is 8.14. The van der Waals surface area contributed by atoms with Crippen LogP contribution in [0, 0.1) is 11.2 Å². The van der Waals surface area contributed by atoms with Gasteiger partial charge in [0.2, 0.25) is 0 Å². The molecule has 3 aliphatic rings. The molecular formula is C29H33F4NO5. The number of aromatic nitrogens is 1. The first-order valence-electron chi connectivity index (χ1n) is 13.2. The minimum atomic E-state index is -4.69. The van der Waals surface area contributed by atoms with E-state index in [0.29, 0.717) is 60.2 Å². The van der Waals surface area contributed by atoms with Crippen molar-refractivity contribution in [2.24, 2.45) is 5.41 Å². The molecule has 1 spiro atoms. The summed E-state index contributed by atoms with van der Waals surface area (Å²) in [4.78, 5) is 17.1. The summed E-state index contributed by atoms with van der Waals surface area (Å²) in [6.07, 6.45) is -6.35. The second kappa shape index (κ2) is 9.52. The number of aliphatic hydroxyl groups is 1. The Morgan fingerprint density at radius 3 is 2.41 bits per heavy atom. The molecule has 1 saturated heterocycles. The fourth-order valence-corrected chi connectivity index (χ4v) is 6.39. The highest BCUT2D eigenvalue weighted by atomic mass is 19.4. The minimum absolute atomic E-state index is 0.0292. The maximum absolute atomic E-state index is 15.4. The second-order valence-corrected chi connectivity index (χ2v) is 11.8. The number of carbonyl (C=O) groups excluding carboxylic acids is 1. The number of aliphatic hydroxyl groups excluding tert-OH is 1. The number of pyridine rings is 1. The molecule has 39 heavy (non-hydrogen) atoms. The summed E-state index contributed by atoms with van der Waals surface area (Å²) in [5, 5.41) is 11.5. The molecule has 1 aliphatic carbocycles. The van der Waals surface area contributed by atoms with Crippen LogP contribution >= 0.6 is 0 Å². The molecule has 212 valence electrons. The number of halogens is 4. The fourth-order valence-electron chi connectivity index (χ4n) is 6.39. The molecule has 0 bridgehead atoms. The molecule has 1 fully saturated rings. The van der Waals surface area contributed by atoms with Crippen LogP contribution in [0.1, 0.15) is 117 Å². The van der Waals surface area contributed by atoms with Crippen LogP contribution in [0.2, 0.25) is 0 Å². The molecular weight excluding hydrogens is 518 g/mol. The van der Waals surface area contributed by atoms with Crippen molar-refractivity contribution in [1.29, 1.82) is 0 Å². The van der Waals surface area contributed by atoms with Gasteiger partial charge in [-0.15, -0.1) is 0 Å². The lowest BCUT2D eigenvalue weighted by Crippen LogP contribution is -2.39. The van der Waals surface area contributed by atoms with E-state index >= 15 is 4.39 Å². The van der Waals surface area contributed by atoms with Gasteiger partial charge < -0.3 is 19.3 Å². The third kappa shape index (κ3) is 4.64. The molecule has 1 N–H and O–H groups in total. The van der Waals surface area contributed by atoms with E-state index in [0.717, 1.165) is 12.1 Å². The molecule has 0 saturated carbocycles. The standard InChI is InChI=1S/C29H33F4NO5/c1-14(2)23-21-22(20-19(36)13-27(4,5)26(24(20)34-23)38-15(3)35)28(8-10-37-11-9-28)39-25(21)17-7-6-16(12-18(17)30)29(31,32)33/h6-7,12,14,19,25-26,36H,8-11,13H2,1-5H3/t19?,25-,26-/m1/s1.